The molecular formula is C17H17F3N6O3. The Hall–Kier alpha value is -3.41. The molecule has 2 heterocycles. The average Bonchev–Trinajstić information content (AvgIpc) is 2.68. The Labute approximate surface area is 167 Å². The third-order valence-corrected chi connectivity index (χ3v) is 4.06. The standard InChI is InChI=1S/C17H17F3N6O3/c1-28-12-5-23-13(14(22)25-12)15(27)24-8-2-3-10(18)9(4-8)17(16(19)20)7-29-6-11(21)26-17/h2-5,16H,6-7H2,1H3,(H2,21,26)(H2,22,25)(H,24,27)/t17-/m0/s1/i1D3. The van der Waals surface area contributed by atoms with Gasteiger partial charge in [-0.15, -0.1) is 0 Å². The summed E-state index contributed by atoms with van der Waals surface area (Å²) in [5.41, 5.74) is 7.76. The lowest BCUT2D eigenvalue weighted by atomic mass is 9.90. The summed E-state index contributed by atoms with van der Waals surface area (Å²) in [6.45, 7) is -0.797. The molecule has 154 valence electrons. The van der Waals surface area contributed by atoms with Crippen molar-refractivity contribution in [3.63, 3.8) is 0 Å². The molecule has 0 bridgehead atoms. The van der Waals surface area contributed by atoms with Gasteiger partial charge in [-0.3, -0.25) is 9.79 Å². The number of hydrogen-bond donors (Lipinski definition) is 3. The van der Waals surface area contributed by atoms with Gasteiger partial charge in [0.2, 0.25) is 5.88 Å². The molecule has 9 nitrogen and oxygen atoms in total. The van der Waals surface area contributed by atoms with E-state index in [4.69, 9.17) is 20.3 Å². The molecule has 29 heavy (non-hydrogen) atoms. The second kappa shape index (κ2) is 7.91. The monoisotopic (exact) mass is 413 g/mol. The van der Waals surface area contributed by atoms with Crippen LogP contribution < -0.4 is 21.5 Å². The molecule has 1 aliphatic heterocycles. The number of nitrogens with two attached hydrogens (primary N) is 2. The van der Waals surface area contributed by atoms with Crippen LogP contribution in [0.3, 0.4) is 0 Å². The van der Waals surface area contributed by atoms with Crippen LogP contribution in [0.25, 0.3) is 0 Å². The van der Waals surface area contributed by atoms with Gasteiger partial charge in [0, 0.05) is 11.3 Å². The maximum absolute atomic E-state index is 14.5. The fraction of sp³-hybridized carbons (Fsp3) is 0.294. The van der Waals surface area contributed by atoms with E-state index in [1.807, 2.05) is 0 Å². The van der Waals surface area contributed by atoms with Gasteiger partial charge in [-0.05, 0) is 18.2 Å². The van der Waals surface area contributed by atoms with Gasteiger partial charge in [-0.2, -0.15) is 4.98 Å². The van der Waals surface area contributed by atoms with E-state index < -0.39 is 60.3 Å². The number of hydrogen-bond acceptors (Lipinski definition) is 8. The van der Waals surface area contributed by atoms with Crippen LogP contribution in [0.5, 0.6) is 5.88 Å². The van der Waals surface area contributed by atoms with Crippen molar-refractivity contribution in [2.75, 3.05) is 31.3 Å². The topological polar surface area (TPSA) is 138 Å². The highest BCUT2D eigenvalue weighted by Crippen LogP contribution is 2.38. The number of aromatic nitrogens is 2. The number of amides is 1. The lowest BCUT2D eigenvalue weighted by Crippen LogP contribution is -2.45. The first kappa shape index (κ1) is 16.5. The third-order valence-electron chi connectivity index (χ3n) is 4.06. The summed E-state index contributed by atoms with van der Waals surface area (Å²) in [5.74, 6) is -3.03. The van der Waals surface area contributed by atoms with Crippen molar-refractivity contribution in [3.05, 3.63) is 41.5 Å². The Bertz CT molecular complexity index is 1070. The number of ether oxygens (including phenoxy) is 2. The number of nitrogen functional groups attached to an aromatic ring is 1. The number of aliphatic imine (C=N–C) groups is 1. The summed E-state index contributed by atoms with van der Waals surface area (Å²) in [6, 6.07) is 2.97. The van der Waals surface area contributed by atoms with Gasteiger partial charge in [0.05, 0.1) is 24.0 Å². The third kappa shape index (κ3) is 3.92. The van der Waals surface area contributed by atoms with E-state index in [1.165, 1.54) is 0 Å². The Morgan fingerprint density at radius 2 is 2.24 bits per heavy atom. The Morgan fingerprint density at radius 3 is 2.90 bits per heavy atom. The van der Waals surface area contributed by atoms with E-state index in [1.54, 1.807) is 0 Å². The van der Waals surface area contributed by atoms with Crippen LogP contribution >= 0.6 is 0 Å². The SMILES string of the molecule is [2H]C([2H])([2H])Oc1cnc(C(=O)Nc2ccc(F)c([C@]3(C(F)F)COCC(N)=N3)c2)c(N)n1. The van der Waals surface area contributed by atoms with Crippen LogP contribution in [-0.2, 0) is 10.3 Å². The van der Waals surface area contributed by atoms with E-state index in [0.717, 1.165) is 24.4 Å². The molecule has 1 aliphatic rings. The molecule has 1 amide bonds. The highest BCUT2D eigenvalue weighted by Gasteiger charge is 2.46. The fourth-order valence-corrected chi connectivity index (χ4v) is 2.73. The Balaban J connectivity index is 1.89. The number of carbonyl (C=O) groups is 1. The zero-order chi connectivity index (χ0) is 23.7. The summed E-state index contributed by atoms with van der Waals surface area (Å²) in [6.07, 6.45) is -2.29. The smallest absolute Gasteiger partial charge is 0.278 e. The van der Waals surface area contributed by atoms with Gasteiger partial charge < -0.3 is 26.3 Å². The predicted molar refractivity (Wildman–Crippen MR) is 97.5 cm³/mol. The van der Waals surface area contributed by atoms with Gasteiger partial charge in [0.1, 0.15) is 18.3 Å². The summed E-state index contributed by atoms with van der Waals surface area (Å²) in [5, 5.41) is 2.34. The first-order valence-corrected chi connectivity index (χ1v) is 8.04. The van der Waals surface area contributed by atoms with Crippen LogP contribution in [0.1, 0.15) is 20.2 Å². The molecule has 12 heteroatoms. The summed E-state index contributed by atoms with van der Waals surface area (Å²) < 4.78 is 72.9. The first-order valence-electron chi connectivity index (χ1n) is 9.54. The number of nitrogens with one attached hydrogen (secondary N) is 1. The molecule has 0 radical (unpaired) electrons. The van der Waals surface area contributed by atoms with Crippen LogP contribution in [0.2, 0.25) is 0 Å². The molecule has 2 aromatic rings. The largest absolute Gasteiger partial charge is 0.480 e. The highest BCUT2D eigenvalue weighted by atomic mass is 19.3. The lowest BCUT2D eigenvalue weighted by Gasteiger charge is -2.33. The van der Waals surface area contributed by atoms with Gasteiger partial charge >= 0.3 is 0 Å². The molecule has 5 N–H and O–H groups in total. The molecule has 0 unspecified atom stereocenters. The second-order valence-electron chi connectivity index (χ2n) is 6.01. The van der Waals surface area contributed by atoms with Crippen molar-refractivity contribution in [2.45, 2.75) is 12.0 Å². The van der Waals surface area contributed by atoms with Crippen LogP contribution in [0, 0.1) is 5.82 Å². The minimum Gasteiger partial charge on any atom is -0.480 e. The van der Waals surface area contributed by atoms with E-state index in [0.29, 0.717) is 0 Å². The second-order valence-corrected chi connectivity index (χ2v) is 6.01. The molecule has 1 atom stereocenters. The fourth-order valence-electron chi connectivity index (χ4n) is 2.73. The average molecular weight is 413 g/mol. The van der Waals surface area contributed by atoms with Crippen molar-refractivity contribution in [1.82, 2.24) is 9.97 Å². The Morgan fingerprint density at radius 1 is 1.45 bits per heavy atom. The molecular weight excluding hydrogens is 393 g/mol. The number of halogens is 3. The normalized spacial score (nSPS) is 21.0. The maximum atomic E-state index is 14.5. The quantitative estimate of drug-likeness (QED) is 0.672. The van der Waals surface area contributed by atoms with Gasteiger partial charge in [-0.25, -0.2) is 18.2 Å². The number of rotatable bonds is 5. The van der Waals surface area contributed by atoms with Crippen LogP contribution in [0.15, 0.2) is 29.4 Å². The molecule has 1 aromatic carbocycles. The zero-order valence-electron chi connectivity index (χ0n) is 17.7. The molecule has 0 saturated heterocycles. The predicted octanol–water partition coefficient (Wildman–Crippen LogP) is 1.31. The highest BCUT2D eigenvalue weighted by molar-refractivity contribution is 6.05. The number of amidine groups is 1. The van der Waals surface area contributed by atoms with Crippen LogP contribution in [-0.4, -0.2) is 48.4 Å². The van der Waals surface area contributed by atoms with Gasteiger partial charge in [-0.1, -0.05) is 0 Å². The minimum absolute atomic E-state index is 0.0743. The summed E-state index contributed by atoms with van der Waals surface area (Å²) in [4.78, 5) is 23.6. The van der Waals surface area contributed by atoms with Gasteiger partial charge in [0.15, 0.2) is 17.1 Å². The number of alkyl halides is 2. The molecule has 0 saturated carbocycles. The number of benzene rings is 1. The summed E-state index contributed by atoms with van der Waals surface area (Å²) >= 11 is 0. The maximum Gasteiger partial charge on any atom is 0.278 e. The molecule has 1 aromatic heterocycles. The van der Waals surface area contributed by atoms with E-state index in [-0.39, 0.29) is 18.1 Å². The zero-order valence-corrected chi connectivity index (χ0v) is 14.7. The van der Waals surface area contributed by atoms with Crippen molar-refractivity contribution in [2.24, 2.45) is 10.7 Å². The van der Waals surface area contributed by atoms with E-state index >= 15 is 0 Å². The first-order chi connectivity index (χ1) is 14.9. The minimum atomic E-state index is -3.16. The molecule has 3 rings (SSSR count). The molecule has 0 aliphatic carbocycles. The number of carbonyl (C=O) groups excluding carboxylic acids is 1. The number of anilines is 2. The number of methoxy groups -OCH3 is 1. The summed E-state index contributed by atoms with van der Waals surface area (Å²) in [7, 11) is -2.80. The number of nitrogens with zero attached hydrogens (tertiary/aromatic N) is 3. The molecule has 0 fully saturated rings. The van der Waals surface area contributed by atoms with Crippen molar-refractivity contribution in [1.29, 1.82) is 0 Å². The Kier molecular flexibility index (Phi) is 4.51. The van der Waals surface area contributed by atoms with Crippen molar-refractivity contribution in [3.8, 4) is 5.88 Å². The lowest BCUT2D eigenvalue weighted by molar-refractivity contribution is -0.0145. The van der Waals surface area contributed by atoms with Gasteiger partial charge in [0.25, 0.3) is 12.3 Å². The van der Waals surface area contributed by atoms with E-state index in [2.05, 4.69) is 25.0 Å². The molecule has 0 spiro atoms. The van der Waals surface area contributed by atoms with Crippen LogP contribution in [0.4, 0.5) is 24.7 Å². The van der Waals surface area contributed by atoms with E-state index in [9.17, 15) is 18.0 Å². The van der Waals surface area contributed by atoms with Crippen molar-refractivity contribution >= 4 is 23.2 Å². The van der Waals surface area contributed by atoms with Crippen molar-refractivity contribution < 1.29 is 31.6 Å².